The minimum absolute atomic E-state index is 0.0382. The number of rotatable bonds is 5. The summed E-state index contributed by atoms with van der Waals surface area (Å²) in [7, 11) is 0. The predicted molar refractivity (Wildman–Crippen MR) is 93.3 cm³/mol. The zero-order valence-electron chi connectivity index (χ0n) is 14.9. The lowest BCUT2D eigenvalue weighted by Gasteiger charge is -2.12. The minimum atomic E-state index is -0.249. The van der Waals surface area contributed by atoms with Gasteiger partial charge < -0.3 is 9.84 Å². The second kappa shape index (κ2) is 6.99. The number of nitrogens with zero attached hydrogens (tertiary/aromatic N) is 1. The molecule has 0 saturated heterocycles. The number of aromatic nitrogens is 1. The van der Waals surface area contributed by atoms with Crippen molar-refractivity contribution in [2.45, 2.75) is 52.9 Å². The fraction of sp³-hybridized carbons (Fsp3) is 0.421. The minimum Gasteiger partial charge on any atom is -0.359 e. The number of hydrogen-bond acceptors (Lipinski definition) is 4. The Balaban J connectivity index is 1.89. The molecule has 24 heavy (non-hydrogen) atoms. The van der Waals surface area contributed by atoms with E-state index in [4.69, 9.17) is 4.52 Å². The third-order valence-corrected chi connectivity index (χ3v) is 3.92. The molecule has 0 fully saturated rings. The maximum atomic E-state index is 12.2. The molecule has 0 aliphatic rings. The van der Waals surface area contributed by atoms with Crippen molar-refractivity contribution in [2.24, 2.45) is 0 Å². The van der Waals surface area contributed by atoms with Gasteiger partial charge in [-0.05, 0) is 31.0 Å². The van der Waals surface area contributed by atoms with Crippen LogP contribution in [0.25, 0.3) is 0 Å². The first kappa shape index (κ1) is 17.9. The van der Waals surface area contributed by atoms with Gasteiger partial charge >= 0.3 is 0 Å². The first-order valence-corrected chi connectivity index (χ1v) is 8.04. The summed E-state index contributed by atoms with van der Waals surface area (Å²) in [5.41, 5.74) is 2.69. The van der Waals surface area contributed by atoms with Gasteiger partial charge in [-0.1, -0.05) is 38.1 Å². The fourth-order valence-electron chi connectivity index (χ4n) is 2.18. The topological polar surface area (TPSA) is 72.2 Å². The Morgan fingerprint density at radius 2 is 1.79 bits per heavy atom. The number of Topliss-reactive ketones (excluding diaryl/α,β-unsaturated/α-hetero) is 1. The highest BCUT2D eigenvalue weighted by Crippen LogP contribution is 2.24. The molecule has 0 spiro atoms. The zero-order valence-corrected chi connectivity index (χ0v) is 14.9. The fourth-order valence-corrected chi connectivity index (χ4v) is 2.18. The van der Waals surface area contributed by atoms with Crippen LogP contribution in [0.4, 0.5) is 5.82 Å². The summed E-state index contributed by atoms with van der Waals surface area (Å²) in [6.07, 6.45) is 0.280. The predicted octanol–water partition coefficient (Wildman–Crippen LogP) is 4.19. The van der Waals surface area contributed by atoms with E-state index in [2.05, 4.69) is 10.5 Å². The van der Waals surface area contributed by atoms with Gasteiger partial charge in [0.15, 0.2) is 11.6 Å². The first-order valence-electron chi connectivity index (χ1n) is 8.04. The van der Waals surface area contributed by atoms with Crippen LogP contribution in [-0.4, -0.2) is 16.8 Å². The SMILES string of the molecule is Cc1ccc(C(=O)CCC(=O)Nc2cc(C(C)(C)C)on2)cc1C. The van der Waals surface area contributed by atoms with E-state index in [0.29, 0.717) is 17.1 Å². The highest BCUT2D eigenvalue weighted by molar-refractivity contribution is 5.99. The summed E-state index contributed by atoms with van der Waals surface area (Å²) in [6.45, 7) is 9.97. The van der Waals surface area contributed by atoms with Crippen LogP contribution in [0.1, 0.15) is 60.9 Å². The zero-order chi connectivity index (χ0) is 17.9. The van der Waals surface area contributed by atoms with Crippen LogP contribution in [-0.2, 0) is 10.2 Å². The van der Waals surface area contributed by atoms with Gasteiger partial charge in [-0.15, -0.1) is 0 Å². The van der Waals surface area contributed by atoms with Crippen LogP contribution in [0.2, 0.25) is 0 Å². The molecule has 0 unspecified atom stereocenters. The second-order valence-electron chi connectivity index (χ2n) is 7.10. The van der Waals surface area contributed by atoms with Crippen molar-refractivity contribution in [1.82, 2.24) is 5.16 Å². The van der Waals surface area contributed by atoms with Gasteiger partial charge in [0.25, 0.3) is 0 Å². The Morgan fingerprint density at radius 1 is 1.08 bits per heavy atom. The lowest BCUT2D eigenvalue weighted by atomic mass is 9.93. The molecule has 0 saturated carbocycles. The number of anilines is 1. The van der Waals surface area contributed by atoms with Gasteiger partial charge in [0.2, 0.25) is 5.91 Å². The van der Waals surface area contributed by atoms with Gasteiger partial charge in [-0.3, -0.25) is 9.59 Å². The summed E-state index contributed by atoms with van der Waals surface area (Å²) < 4.78 is 5.22. The Bertz CT molecular complexity index is 754. The van der Waals surface area contributed by atoms with E-state index in [-0.39, 0.29) is 29.9 Å². The molecule has 128 valence electrons. The number of hydrogen-bond donors (Lipinski definition) is 1. The molecule has 0 radical (unpaired) electrons. The molecule has 2 aromatic rings. The maximum absolute atomic E-state index is 12.2. The summed E-state index contributed by atoms with van der Waals surface area (Å²) >= 11 is 0. The van der Waals surface area contributed by atoms with Crippen LogP contribution in [0, 0.1) is 13.8 Å². The first-order chi connectivity index (χ1) is 11.2. The molecular formula is C19H24N2O3. The lowest BCUT2D eigenvalue weighted by molar-refractivity contribution is -0.116. The van der Waals surface area contributed by atoms with E-state index >= 15 is 0 Å². The molecule has 0 atom stereocenters. The van der Waals surface area contributed by atoms with Crippen molar-refractivity contribution >= 4 is 17.5 Å². The van der Waals surface area contributed by atoms with Crippen molar-refractivity contribution in [3.05, 3.63) is 46.7 Å². The summed E-state index contributed by atoms with van der Waals surface area (Å²) in [4.78, 5) is 24.2. The molecule has 1 N–H and O–H groups in total. The summed E-state index contributed by atoms with van der Waals surface area (Å²) in [5, 5.41) is 6.50. The number of ketones is 1. The van der Waals surface area contributed by atoms with Crippen molar-refractivity contribution in [3.8, 4) is 0 Å². The highest BCUT2D eigenvalue weighted by atomic mass is 16.5. The van der Waals surface area contributed by atoms with Gasteiger partial charge in [0, 0.05) is 29.9 Å². The number of nitrogens with one attached hydrogen (secondary N) is 1. The number of carbonyl (C=O) groups excluding carboxylic acids is 2. The smallest absolute Gasteiger partial charge is 0.226 e. The number of aryl methyl sites for hydroxylation is 2. The highest BCUT2D eigenvalue weighted by Gasteiger charge is 2.20. The van der Waals surface area contributed by atoms with E-state index in [1.165, 1.54) is 0 Å². The largest absolute Gasteiger partial charge is 0.359 e. The van der Waals surface area contributed by atoms with Gasteiger partial charge in [-0.25, -0.2) is 0 Å². The van der Waals surface area contributed by atoms with E-state index in [1.807, 2.05) is 46.8 Å². The molecule has 5 nitrogen and oxygen atoms in total. The molecule has 1 aromatic heterocycles. The third kappa shape index (κ3) is 4.54. The molecule has 0 aliphatic carbocycles. The molecule has 0 aliphatic heterocycles. The van der Waals surface area contributed by atoms with Crippen molar-refractivity contribution in [1.29, 1.82) is 0 Å². The quantitative estimate of drug-likeness (QED) is 0.835. The van der Waals surface area contributed by atoms with E-state index in [1.54, 1.807) is 12.1 Å². The monoisotopic (exact) mass is 328 g/mol. The lowest BCUT2D eigenvalue weighted by Crippen LogP contribution is -2.14. The Morgan fingerprint density at radius 3 is 2.38 bits per heavy atom. The van der Waals surface area contributed by atoms with Crippen LogP contribution < -0.4 is 5.32 Å². The Kier molecular flexibility index (Phi) is 5.22. The van der Waals surface area contributed by atoms with Gasteiger partial charge in [0.1, 0.15) is 5.76 Å². The molecule has 2 rings (SSSR count). The van der Waals surface area contributed by atoms with Crippen LogP contribution >= 0.6 is 0 Å². The normalized spacial score (nSPS) is 11.4. The molecule has 1 heterocycles. The molecule has 5 heteroatoms. The maximum Gasteiger partial charge on any atom is 0.226 e. The third-order valence-electron chi connectivity index (χ3n) is 3.92. The standard InChI is InChI=1S/C19H24N2O3/c1-12-6-7-14(10-13(12)2)15(22)8-9-18(23)20-17-11-16(24-21-17)19(3,4)5/h6-7,10-11H,8-9H2,1-5H3,(H,20,21,23). The summed E-state index contributed by atoms with van der Waals surface area (Å²) in [6, 6.07) is 7.30. The van der Waals surface area contributed by atoms with Crippen LogP contribution in [0.3, 0.4) is 0 Å². The van der Waals surface area contributed by atoms with Crippen LogP contribution in [0.5, 0.6) is 0 Å². The number of carbonyl (C=O) groups is 2. The van der Waals surface area contributed by atoms with E-state index in [0.717, 1.165) is 11.1 Å². The van der Waals surface area contributed by atoms with E-state index in [9.17, 15) is 9.59 Å². The van der Waals surface area contributed by atoms with Gasteiger partial charge in [0.05, 0.1) is 0 Å². The molecule has 1 aromatic carbocycles. The molecular weight excluding hydrogens is 304 g/mol. The molecule has 0 bridgehead atoms. The second-order valence-corrected chi connectivity index (χ2v) is 7.10. The number of amides is 1. The number of benzene rings is 1. The van der Waals surface area contributed by atoms with Crippen LogP contribution in [0.15, 0.2) is 28.8 Å². The van der Waals surface area contributed by atoms with Crippen molar-refractivity contribution in [2.75, 3.05) is 5.32 Å². The van der Waals surface area contributed by atoms with Gasteiger partial charge in [-0.2, -0.15) is 0 Å². The average Bonchev–Trinajstić information content (AvgIpc) is 2.96. The van der Waals surface area contributed by atoms with Crippen molar-refractivity contribution < 1.29 is 14.1 Å². The summed E-state index contributed by atoms with van der Waals surface area (Å²) in [5.74, 6) is 0.789. The van der Waals surface area contributed by atoms with E-state index < -0.39 is 0 Å². The van der Waals surface area contributed by atoms with Crippen molar-refractivity contribution in [3.63, 3.8) is 0 Å². The molecule has 1 amide bonds. The Hall–Kier alpha value is -2.43. The Labute approximate surface area is 142 Å². The average molecular weight is 328 g/mol.